The lowest BCUT2D eigenvalue weighted by Crippen LogP contribution is -2.36. The summed E-state index contributed by atoms with van der Waals surface area (Å²) < 4.78 is 32.3. The second-order valence-corrected chi connectivity index (χ2v) is 5.82. The normalized spacial score (nSPS) is 15.9. The van der Waals surface area contributed by atoms with Gasteiger partial charge in [0, 0.05) is 29.9 Å². The molecule has 1 aliphatic heterocycles. The van der Waals surface area contributed by atoms with Crippen molar-refractivity contribution < 1.29 is 18.3 Å². The van der Waals surface area contributed by atoms with Crippen molar-refractivity contribution in [2.75, 3.05) is 25.1 Å². The second-order valence-electron chi connectivity index (χ2n) is 5.82. The van der Waals surface area contributed by atoms with Crippen LogP contribution in [0.4, 0.5) is 14.5 Å². The molecule has 0 saturated carbocycles. The van der Waals surface area contributed by atoms with Crippen LogP contribution < -0.4 is 4.90 Å². The van der Waals surface area contributed by atoms with Gasteiger partial charge in [-0.1, -0.05) is 0 Å². The summed E-state index contributed by atoms with van der Waals surface area (Å²) >= 11 is 0. The van der Waals surface area contributed by atoms with Crippen molar-refractivity contribution in [3.05, 3.63) is 35.5 Å². The predicted octanol–water partition coefficient (Wildman–Crippen LogP) is 3.21. The van der Waals surface area contributed by atoms with E-state index in [1.807, 2.05) is 6.07 Å². The van der Waals surface area contributed by atoms with Crippen LogP contribution in [0.3, 0.4) is 0 Å². The van der Waals surface area contributed by atoms with E-state index in [1.54, 1.807) is 13.0 Å². The summed E-state index contributed by atoms with van der Waals surface area (Å²) in [6.07, 6.45) is 1.36. The summed E-state index contributed by atoms with van der Waals surface area (Å²) in [7, 11) is 1.39. The van der Waals surface area contributed by atoms with E-state index in [0.717, 1.165) is 11.8 Å². The summed E-state index contributed by atoms with van der Waals surface area (Å²) in [6, 6.07) is 4.56. The predicted molar refractivity (Wildman–Crippen MR) is 83.3 cm³/mol. The van der Waals surface area contributed by atoms with Crippen molar-refractivity contribution in [1.29, 1.82) is 0 Å². The van der Waals surface area contributed by atoms with Crippen LogP contribution in [-0.2, 0) is 9.53 Å². The molecular formula is C17H18F2N2O2. The molecule has 0 atom stereocenters. The lowest BCUT2D eigenvalue weighted by Gasteiger charge is -2.33. The lowest BCUT2D eigenvalue weighted by atomic mass is 9.96. The number of ether oxygens (including phenoxy) is 1. The number of rotatable bonds is 2. The van der Waals surface area contributed by atoms with E-state index < -0.39 is 11.6 Å². The lowest BCUT2D eigenvalue weighted by molar-refractivity contribution is -0.146. The average molecular weight is 320 g/mol. The van der Waals surface area contributed by atoms with Crippen LogP contribution in [0.2, 0.25) is 0 Å². The Balaban J connectivity index is 1.95. The average Bonchev–Trinajstić information content (AvgIpc) is 2.57. The van der Waals surface area contributed by atoms with Gasteiger partial charge in [0.25, 0.3) is 0 Å². The van der Waals surface area contributed by atoms with Crippen molar-refractivity contribution in [2.45, 2.75) is 19.8 Å². The maximum atomic E-state index is 14.0. The molecular weight excluding hydrogens is 302 g/mol. The maximum absolute atomic E-state index is 14.0. The molecule has 0 amide bonds. The van der Waals surface area contributed by atoms with Crippen LogP contribution in [0.15, 0.2) is 18.2 Å². The van der Waals surface area contributed by atoms with Crippen molar-refractivity contribution in [2.24, 2.45) is 5.92 Å². The van der Waals surface area contributed by atoms with Gasteiger partial charge >= 0.3 is 5.97 Å². The number of esters is 1. The van der Waals surface area contributed by atoms with Gasteiger partial charge in [-0.25, -0.2) is 13.8 Å². The van der Waals surface area contributed by atoms with E-state index >= 15 is 0 Å². The van der Waals surface area contributed by atoms with Crippen LogP contribution in [-0.4, -0.2) is 31.2 Å². The van der Waals surface area contributed by atoms with Crippen LogP contribution >= 0.6 is 0 Å². The third-order valence-corrected chi connectivity index (χ3v) is 4.35. The van der Waals surface area contributed by atoms with Gasteiger partial charge in [0.1, 0.15) is 5.52 Å². The van der Waals surface area contributed by atoms with Crippen LogP contribution in [0, 0.1) is 24.5 Å². The number of aryl methyl sites for hydroxylation is 1. The summed E-state index contributed by atoms with van der Waals surface area (Å²) in [4.78, 5) is 17.8. The number of carbonyl (C=O) groups excluding carboxylic acids is 1. The molecule has 1 aliphatic rings. The zero-order chi connectivity index (χ0) is 16.6. The zero-order valence-electron chi connectivity index (χ0n) is 13.1. The fourth-order valence-electron chi connectivity index (χ4n) is 3.12. The van der Waals surface area contributed by atoms with Gasteiger partial charge in [0.15, 0.2) is 11.6 Å². The van der Waals surface area contributed by atoms with Crippen molar-refractivity contribution in [1.82, 2.24) is 4.98 Å². The Hall–Kier alpha value is -2.24. The maximum Gasteiger partial charge on any atom is 0.308 e. The van der Waals surface area contributed by atoms with E-state index in [1.165, 1.54) is 7.11 Å². The summed E-state index contributed by atoms with van der Waals surface area (Å²) in [5.74, 6) is -2.10. The Morgan fingerprint density at radius 2 is 2.00 bits per heavy atom. The van der Waals surface area contributed by atoms with Crippen LogP contribution in [0.5, 0.6) is 0 Å². The second kappa shape index (κ2) is 6.10. The van der Waals surface area contributed by atoms with Gasteiger partial charge in [-0.15, -0.1) is 0 Å². The van der Waals surface area contributed by atoms with Crippen molar-refractivity contribution in [3.63, 3.8) is 0 Å². The third kappa shape index (κ3) is 2.85. The monoisotopic (exact) mass is 320 g/mol. The topological polar surface area (TPSA) is 42.4 Å². The third-order valence-electron chi connectivity index (χ3n) is 4.35. The first-order chi connectivity index (χ1) is 11.0. The highest BCUT2D eigenvalue weighted by Gasteiger charge is 2.27. The summed E-state index contributed by atoms with van der Waals surface area (Å²) in [5.41, 5.74) is 1.51. The molecule has 4 nitrogen and oxygen atoms in total. The standard InChI is InChI=1S/C17H18F2N2O2/c1-10-9-14(12-3-4-13(18)15(19)16(12)20-10)21-7-5-11(6-8-21)17(22)23-2/h3-4,9,11H,5-8H2,1-2H3. The number of carbonyl (C=O) groups is 1. The molecule has 0 bridgehead atoms. The number of hydrogen-bond donors (Lipinski definition) is 0. The molecule has 23 heavy (non-hydrogen) atoms. The number of benzene rings is 1. The van der Waals surface area contributed by atoms with Gasteiger partial charge in [-0.3, -0.25) is 4.79 Å². The molecule has 1 saturated heterocycles. The number of hydrogen-bond acceptors (Lipinski definition) is 4. The van der Waals surface area contributed by atoms with E-state index in [9.17, 15) is 13.6 Å². The van der Waals surface area contributed by atoms with E-state index in [0.29, 0.717) is 37.0 Å². The number of anilines is 1. The number of piperidine rings is 1. The number of aromatic nitrogens is 1. The Morgan fingerprint density at radius 3 is 2.65 bits per heavy atom. The highest BCUT2D eigenvalue weighted by Crippen LogP contribution is 2.32. The molecule has 1 aromatic carbocycles. The fraction of sp³-hybridized carbons (Fsp3) is 0.412. The fourth-order valence-corrected chi connectivity index (χ4v) is 3.12. The van der Waals surface area contributed by atoms with E-state index in [4.69, 9.17) is 4.74 Å². The van der Waals surface area contributed by atoms with Crippen LogP contribution in [0.25, 0.3) is 10.9 Å². The first kappa shape index (κ1) is 15.6. The molecule has 1 fully saturated rings. The number of halogens is 2. The molecule has 0 radical (unpaired) electrons. The quantitative estimate of drug-likeness (QED) is 0.797. The minimum Gasteiger partial charge on any atom is -0.469 e. The molecule has 0 aliphatic carbocycles. The van der Waals surface area contributed by atoms with Gasteiger partial charge in [0.05, 0.1) is 13.0 Å². The Labute approximate surface area is 133 Å². The SMILES string of the molecule is COC(=O)C1CCN(c2cc(C)nc3c(F)c(F)ccc23)CC1. The number of nitrogens with zero attached hydrogens (tertiary/aromatic N) is 2. The number of fused-ring (bicyclic) bond motifs is 1. The zero-order valence-corrected chi connectivity index (χ0v) is 13.1. The molecule has 0 N–H and O–H groups in total. The molecule has 0 unspecified atom stereocenters. The minimum absolute atomic E-state index is 0.0510. The summed E-state index contributed by atoms with van der Waals surface area (Å²) in [5, 5.41) is 0.589. The molecule has 0 spiro atoms. The Morgan fingerprint density at radius 1 is 1.30 bits per heavy atom. The number of methoxy groups -OCH3 is 1. The van der Waals surface area contributed by atoms with Gasteiger partial charge in [-0.05, 0) is 38.0 Å². The minimum atomic E-state index is -0.920. The first-order valence-electron chi connectivity index (χ1n) is 7.59. The summed E-state index contributed by atoms with van der Waals surface area (Å²) in [6.45, 7) is 3.09. The van der Waals surface area contributed by atoms with Crippen LogP contribution in [0.1, 0.15) is 18.5 Å². The van der Waals surface area contributed by atoms with E-state index in [-0.39, 0.29) is 17.4 Å². The first-order valence-corrected chi connectivity index (χ1v) is 7.59. The van der Waals surface area contributed by atoms with Gasteiger partial charge in [-0.2, -0.15) is 0 Å². The van der Waals surface area contributed by atoms with Crippen molar-refractivity contribution >= 4 is 22.6 Å². The smallest absolute Gasteiger partial charge is 0.308 e. The molecule has 122 valence electrons. The largest absolute Gasteiger partial charge is 0.469 e. The molecule has 1 aromatic heterocycles. The Bertz CT molecular complexity index is 756. The van der Waals surface area contributed by atoms with Gasteiger partial charge in [0.2, 0.25) is 0 Å². The molecule has 2 heterocycles. The number of pyridine rings is 1. The highest BCUT2D eigenvalue weighted by atomic mass is 19.2. The highest BCUT2D eigenvalue weighted by molar-refractivity contribution is 5.92. The Kier molecular flexibility index (Phi) is 4.15. The molecule has 3 rings (SSSR count). The van der Waals surface area contributed by atoms with Crippen molar-refractivity contribution in [3.8, 4) is 0 Å². The molecule has 2 aromatic rings. The van der Waals surface area contributed by atoms with E-state index in [2.05, 4.69) is 9.88 Å². The van der Waals surface area contributed by atoms with Gasteiger partial charge < -0.3 is 9.64 Å². The molecule has 6 heteroatoms.